The number of para-hydroxylation sites is 1. The van der Waals surface area contributed by atoms with Crippen molar-refractivity contribution in [1.29, 1.82) is 0 Å². The number of likely N-dealkylation sites (tertiary alicyclic amines) is 1. The van der Waals surface area contributed by atoms with E-state index in [0.29, 0.717) is 13.0 Å². The topological polar surface area (TPSA) is 76.5 Å². The standard InChI is InChI=1S/C23H21FN4O3/c1-27-13-14(12-25-27)20-23(16-7-3-4-8-17(16)26-22(23)30)10-11-28(20)21(29)15-6-5-9-18(31-2)19(15)24/h3-9,12-13,20H,10-11H2,1-2H3,(H,26,30)/t20-,23+/m0/s1. The molecule has 0 saturated carbocycles. The zero-order valence-electron chi connectivity index (χ0n) is 17.1. The van der Waals surface area contributed by atoms with E-state index in [0.717, 1.165) is 16.8 Å². The van der Waals surface area contributed by atoms with E-state index in [1.54, 1.807) is 35.1 Å². The Morgan fingerprint density at radius 3 is 2.81 bits per heavy atom. The van der Waals surface area contributed by atoms with E-state index >= 15 is 0 Å². The first kappa shape index (κ1) is 19.3. The molecule has 158 valence electrons. The van der Waals surface area contributed by atoms with Crippen molar-refractivity contribution < 1.29 is 18.7 Å². The minimum Gasteiger partial charge on any atom is -0.494 e. The number of ether oxygens (including phenoxy) is 1. The van der Waals surface area contributed by atoms with Gasteiger partial charge in [0.25, 0.3) is 5.91 Å². The average Bonchev–Trinajstić information content (AvgIpc) is 3.45. The number of fused-ring (bicyclic) bond motifs is 2. The van der Waals surface area contributed by atoms with Crippen molar-refractivity contribution in [2.24, 2.45) is 7.05 Å². The van der Waals surface area contributed by atoms with E-state index in [9.17, 15) is 14.0 Å². The molecule has 2 atom stereocenters. The number of carbonyl (C=O) groups is 2. The van der Waals surface area contributed by atoms with Crippen molar-refractivity contribution >= 4 is 17.5 Å². The fraction of sp³-hybridized carbons (Fsp3) is 0.261. The summed E-state index contributed by atoms with van der Waals surface area (Å²) in [6.45, 7) is 0.302. The summed E-state index contributed by atoms with van der Waals surface area (Å²) in [6, 6.07) is 11.4. The van der Waals surface area contributed by atoms with Gasteiger partial charge < -0.3 is 15.0 Å². The summed E-state index contributed by atoms with van der Waals surface area (Å²) in [4.78, 5) is 28.5. The second-order valence-electron chi connectivity index (χ2n) is 7.89. The highest BCUT2D eigenvalue weighted by atomic mass is 19.1. The molecule has 8 heteroatoms. The van der Waals surface area contributed by atoms with E-state index in [4.69, 9.17) is 4.74 Å². The molecule has 1 aromatic heterocycles. The van der Waals surface area contributed by atoms with Crippen molar-refractivity contribution in [1.82, 2.24) is 14.7 Å². The maximum atomic E-state index is 14.9. The normalized spacial score (nSPS) is 22.0. The Morgan fingerprint density at radius 1 is 1.26 bits per heavy atom. The number of nitrogens with zero attached hydrogens (tertiary/aromatic N) is 3. The van der Waals surface area contributed by atoms with Crippen LogP contribution in [-0.2, 0) is 17.3 Å². The third-order valence-corrected chi connectivity index (χ3v) is 6.30. The van der Waals surface area contributed by atoms with Gasteiger partial charge >= 0.3 is 0 Å². The van der Waals surface area contributed by atoms with E-state index in [1.165, 1.54) is 19.2 Å². The SMILES string of the molecule is COc1cccc(C(=O)N2CC[C@]3(C(=O)Nc4ccccc43)[C@@H]2c2cnn(C)c2)c1F. The van der Waals surface area contributed by atoms with Crippen molar-refractivity contribution in [3.8, 4) is 5.75 Å². The van der Waals surface area contributed by atoms with Crippen LogP contribution in [0.5, 0.6) is 5.75 Å². The smallest absolute Gasteiger partial charge is 0.257 e. The molecule has 1 fully saturated rings. The molecule has 3 heterocycles. The highest BCUT2D eigenvalue weighted by molar-refractivity contribution is 6.08. The van der Waals surface area contributed by atoms with Crippen LogP contribution in [0, 0.1) is 5.82 Å². The van der Waals surface area contributed by atoms with Crippen LogP contribution in [0.1, 0.15) is 33.9 Å². The fourth-order valence-electron chi connectivity index (χ4n) is 4.94. The van der Waals surface area contributed by atoms with Crippen molar-refractivity contribution in [3.05, 3.63) is 77.4 Å². The first-order chi connectivity index (χ1) is 15.0. The Bertz CT molecular complexity index is 1210. The molecular formula is C23H21FN4O3. The lowest BCUT2D eigenvalue weighted by atomic mass is 9.73. The molecule has 3 aromatic rings. The summed E-state index contributed by atoms with van der Waals surface area (Å²) in [6.07, 6.45) is 3.88. The zero-order valence-corrected chi connectivity index (χ0v) is 17.1. The Kier molecular flexibility index (Phi) is 4.32. The van der Waals surface area contributed by atoms with Gasteiger partial charge in [0.2, 0.25) is 5.91 Å². The van der Waals surface area contributed by atoms with Gasteiger partial charge in [-0.25, -0.2) is 4.39 Å². The summed E-state index contributed by atoms with van der Waals surface area (Å²) in [5.74, 6) is -1.36. The first-order valence-corrected chi connectivity index (χ1v) is 10.0. The number of amides is 2. The molecule has 0 aliphatic carbocycles. The minimum absolute atomic E-state index is 0.00152. The third kappa shape index (κ3) is 2.67. The number of rotatable bonds is 3. The lowest BCUT2D eigenvalue weighted by molar-refractivity contribution is -0.121. The predicted octanol–water partition coefficient (Wildman–Crippen LogP) is 3.05. The number of nitrogens with one attached hydrogen (secondary N) is 1. The molecule has 1 spiro atoms. The maximum absolute atomic E-state index is 14.9. The summed E-state index contributed by atoms with van der Waals surface area (Å²) in [7, 11) is 3.14. The quantitative estimate of drug-likeness (QED) is 0.707. The molecule has 2 aliphatic rings. The number of aromatic nitrogens is 2. The predicted molar refractivity (Wildman–Crippen MR) is 111 cm³/mol. The number of benzene rings is 2. The van der Waals surface area contributed by atoms with E-state index < -0.39 is 23.2 Å². The van der Waals surface area contributed by atoms with Crippen LogP contribution >= 0.6 is 0 Å². The monoisotopic (exact) mass is 420 g/mol. The van der Waals surface area contributed by atoms with Gasteiger partial charge in [-0.3, -0.25) is 14.3 Å². The van der Waals surface area contributed by atoms with E-state index in [-0.39, 0.29) is 17.2 Å². The molecule has 5 rings (SSSR count). The van der Waals surface area contributed by atoms with E-state index in [1.807, 2.05) is 24.3 Å². The highest BCUT2D eigenvalue weighted by Gasteiger charge is 2.59. The first-order valence-electron chi connectivity index (χ1n) is 10.0. The average molecular weight is 420 g/mol. The lowest BCUT2D eigenvalue weighted by Gasteiger charge is -2.33. The summed E-state index contributed by atoms with van der Waals surface area (Å²) >= 11 is 0. The fourth-order valence-corrected chi connectivity index (χ4v) is 4.94. The Hall–Kier alpha value is -3.68. The minimum atomic E-state index is -0.968. The largest absolute Gasteiger partial charge is 0.494 e. The second kappa shape index (κ2) is 6.94. The Balaban J connectivity index is 1.66. The van der Waals surface area contributed by atoms with Crippen molar-refractivity contribution in [3.63, 3.8) is 0 Å². The van der Waals surface area contributed by atoms with Gasteiger partial charge in [0.1, 0.15) is 5.41 Å². The van der Waals surface area contributed by atoms with Crippen LogP contribution in [0.25, 0.3) is 0 Å². The summed E-state index contributed by atoms with van der Waals surface area (Å²) < 4.78 is 21.6. The van der Waals surface area contributed by atoms with Gasteiger partial charge in [-0.1, -0.05) is 24.3 Å². The van der Waals surface area contributed by atoms with Crippen LogP contribution in [0.2, 0.25) is 0 Å². The molecular weight excluding hydrogens is 399 g/mol. The number of methoxy groups -OCH3 is 1. The number of hydrogen-bond donors (Lipinski definition) is 1. The number of aryl methyl sites for hydroxylation is 1. The van der Waals surface area contributed by atoms with Crippen LogP contribution in [0.15, 0.2) is 54.9 Å². The number of halogens is 1. The van der Waals surface area contributed by atoms with Gasteiger partial charge in [-0.05, 0) is 30.2 Å². The molecule has 1 N–H and O–H groups in total. The molecule has 2 aliphatic heterocycles. The molecule has 0 radical (unpaired) electrons. The van der Waals surface area contributed by atoms with Gasteiger partial charge in [-0.15, -0.1) is 0 Å². The molecule has 0 bridgehead atoms. The Labute approximate surface area is 178 Å². The summed E-state index contributed by atoms with van der Waals surface area (Å²) in [5.41, 5.74) is 1.25. The second-order valence-corrected chi connectivity index (χ2v) is 7.89. The van der Waals surface area contributed by atoms with Crippen LogP contribution in [-0.4, -0.2) is 40.1 Å². The Morgan fingerprint density at radius 2 is 2.06 bits per heavy atom. The molecule has 31 heavy (non-hydrogen) atoms. The molecule has 7 nitrogen and oxygen atoms in total. The molecule has 0 unspecified atom stereocenters. The molecule has 2 aromatic carbocycles. The van der Waals surface area contributed by atoms with E-state index in [2.05, 4.69) is 10.4 Å². The van der Waals surface area contributed by atoms with Gasteiger partial charge in [0.15, 0.2) is 11.6 Å². The van der Waals surface area contributed by atoms with Crippen molar-refractivity contribution in [2.45, 2.75) is 17.9 Å². The number of hydrogen-bond acceptors (Lipinski definition) is 4. The van der Waals surface area contributed by atoms with Gasteiger partial charge in [0.05, 0.1) is 24.9 Å². The third-order valence-electron chi connectivity index (χ3n) is 6.30. The maximum Gasteiger partial charge on any atom is 0.257 e. The zero-order chi connectivity index (χ0) is 21.8. The lowest BCUT2D eigenvalue weighted by Crippen LogP contribution is -2.42. The van der Waals surface area contributed by atoms with Crippen LogP contribution in [0.3, 0.4) is 0 Å². The van der Waals surface area contributed by atoms with Gasteiger partial charge in [-0.2, -0.15) is 5.10 Å². The number of anilines is 1. The van der Waals surface area contributed by atoms with Gasteiger partial charge in [0, 0.05) is 31.0 Å². The summed E-state index contributed by atoms with van der Waals surface area (Å²) in [5, 5.41) is 7.23. The molecule has 2 amide bonds. The highest BCUT2D eigenvalue weighted by Crippen LogP contribution is 2.55. The van der Waals surface area contributed by atoms with Crippen LogP contribution < -0.4 is 10.1 Å². The number of carbonyl (C=O) groups excluding carboxylic acids is 2. The van der Waals surface area contributed by atoms with Crippen LogP contribution in [0.4, 0.5) is 10.1 Å². The molecule has 1 saturated heterocycles. The van der Waals surface area contributed by atoms with Crippen molar-refractivity contribution in [2.75, 3.05) is 19.0 Å².